The van der Waals surface area contributed by atoms with Gasteiger partial charge in [-0.3, -0.25) is 24.0 Å². The summed E-state index contributed by atoms with van der Waals surface area (Å²) in [5.41, 5.74) is 7.22. The van der Waals surface area contributed by atoms with Gasteiger partial charge in [0.15, 0.2) is 5.78 Å². The monoisotopic (exact) mass is 1360 g/mol. The number of carbonyl (C=O) groups is 5. The smallest absolute Gasteiger partial charge is 0.303 e. The Morgan fingerprint density at radius 2 is 0.418 bits per heavy atom. The molecular formula is C88H146O10. The van der Waals surface area contributed by atoms with Crippen LogP contribution in [-0.4, -0.2) is 50.1 Å². The third kappa shape index (κ3) is 78.1. The van der Waals surface area contributed by atoms with Crippen LogP contribution in [0.4, 0.5) is 0 Å². The first-order valence-corrected chi connectivity index (χ1v) is 36.7. The standard InChI is InChI=1S/C13H10O.C13H10.C12H10O.C10H8.4C3H6O2.14C2H6/c14-13(11-7-3-1-4-8-11)12-9-5-2-6-10-12;1-3-7-12-10(5-1)9-11-6-2-4-8-13(11)12;1-3-7-11(8-4-1)13-12-9-5-2-6-10-12;1-2-6-10-8-4-3-7-9(10)5-1;4*1-2-3(4)5;14*1-2/h1-10H;1-8H,9H2;1-10H;1-8H;4*2H2,1H3,(H,4,5);14*1-2H3. The highest BCUT2D eigenvalue weighted by atomic mass is 16.5. The minimum Gasteiger partial charge on any atom is -0.481 e. The van der Waals surface area contributed by atoms with Crippen LogP contribution < -0.4 is 4.74 Å². The van der Waals surface area contributed by atoms with Crippen molar-refractivity contribution in [1.29, 1.82) is 0 Å². The maximum Gasteiger partial charge on any atom is 0.303 e. The highest BCUT2D eigenvalue weighted by Crippen LogP contribution is 2.35. The summed E-state index contributed by atoms with van der Waals surface area (Å²) in [6.45, 7) is 62.4. The van der Waals surface area contributed by atoms with Gasteiger partial charge in [-0.25, -0.2) is 0 Å². The van der Waals surface area contributed by atoms with Gasteiger partial charge in [0.1, 0.15) is 11.5 Å². The molecule has 0 unspecified atom stereocenters. The minimum absolute atomic E-state index is 0.0752. The van der Waals surface area contributed by atoms with E-state index in [0.29, 0.717) is 0 Å². The zero-order valence-corrected chi connectivity index (χ0v) is 68.1. The molecule has 4 N–H and O–H groups in total. The summed E-state index contributed by atoms with van der Waals surface area (Å²) in [7, 11) is 0. The number of benzene rings is 8. The molecule has 0 atom stereocenters. The molecule has 0 fully saturated rings. The normalized spacial score (nSPS) is 7.67. The molecule has 0 saturated heterocycles. The number of fused-ring (bicyclic) bond motifs is 4. The first kappa shape index (κ1) is 120. The lowest BCUT2D eigenvalue weighted by Gasteiger charge is -2.03. The molecule has 10 heteroatoms. The average Bonchev–Trinajstić information content (AvgIpc) is 1.65. The Labute approximate surface area is 603 Å². The second-order valence-electron chi connectivity index (χ2n) is 14.6. The fourth-order valence-electron chi connectivity index (χ4n) is 5.67. The quantitative estimate of drug-likeness (QED) is 0.107. The summed E-state index contributed by atoms with van der Waals surface area (Å²) in [5, 5.41) is 33.5. The van der Waals surface area contributed by atoms with Crippen molar-refractivity contribution in [1.82, 2.24) is 0 Å². The molecular weight excluding hydrogens is 1220 g/mol. The lowest BCUT2D eigenvalue weighted by molar-refractivity contribution is -0.137. The number of rotatable bonds is 8. The fourth-order valence-corrected chi connectivity index (χ4v) is 5.67. The van der Waals surface area contributed by atoms with Gasteiger partial charge in [-0.05, 0) is 63.7 Å². The van der Waals surface area contributed by atoms with Gasteiger partial charge in [-0.2, -0.15) is 0 Å². The summed E-state index contributed by atoms with van der Waals surface area (Å²) in [6.07, 6.45) is 1.99. The topological polar surface area (TPSA) is 175 Å². The van der Waals surface area contributed by atoms with Crippen LogP contribution in [0.2, 0.25) is 0 Å². The number of hydrogen-bond acceptors (Lipinski definition) is 6. The molecule has 0 aromatic heterocycles. The van der Waals surface area contributed by atoms with Crippen molar-refractivity contribution in [2.75, 3.05) is 0 Å². The van der Waals surface area contributed by atoms with Gasteiger partial charge < -0.3 is 25.2 Å². The molecule has 558 valence electrons. The SMILES string of the molecule is CC.CC.CC.CC.CC.CC.CC.CC.CC.CC.CC.CC.CC.CC.CCC(=O)O.CCC(=O)O.CCC(=O)O.CCC(=O)O.O=C(c1ccccc1)c1ccccc1.c1ccc(Oc2ccccc2)cc1.c1ccc2c(c1)Cc1ccccc1-2.c1ccc2ccccc2c1. The maximum absolute atomic E-state index is 11.8. The van der Waals surface area contributed by atoms with Gasteiger partial charge in [0.25, 0.3) is 0 Å². The molecule has 1 aliphatic rings. The van der Waals surface area contributed by atoms with Gasteiger partial charge in [0, 0.05) is 36.8 Å². The van der Waals surface area contributed by atoms with Crippen molar-refractivity contribution in [3.8, 4) is 22.6 Å². The van der Waals surface area contributed by atoms with Crippen LogP contribution in [-0.2, 0) is 25.6 Å². The molecule has 0 aliphatic heterocycles. The van der Waals surface area contributed by atoms with E-state index in [0.717, 1.165) is 29.0 Å². The summed E-state index contributed by atoms with van der Waals surface area (Å²) in [4.78, 5) is 49.3. The van der Waals surface area contributed by atoms with Crippen LogP contribution in [0.5, 0.6) is 11.5 Å². The third-order valence-electron chi connectivity index (χ3n) is 9.37. The van der Waals surface area contributed by atoms with Crippen molar-refractivity contribution >= 4 is 40.4 Å². The van der Waals surface area contributed by atoms with Crippen molar-refractivity contribution in [2.24, 2.45) is 0 Å². The van der Waals surface area contributed by atoms with E-state index < -0.39 is 23.9 Å². The van der Waals surface area contributed by atoms with E-state index in [4.69, 9.17) is 25.2 Å². The first-order valence-electron chi connectivity index (χ1n) is 36.7. The molecule has 0 radical (unpaired) electrons. The molecule has 0 amide bonds. The Morgan fingerprint density at radius 1 is 0.255 bits per heavy atom. The van der Waals surface area contributed by atoms with Crippen molar-refractivity contribution in [2.45, 2.75) is 254 Å². The molecule has 98 heavy (non-hydrogen) atoms. The largest absolute Gasteiger partial charge is 0.481 e. The number of ketones is 1. The van der Waals surface area contributed by atoms with Gasteiger partial charge in [0.2, 0.25) is 0 Å². The Morgan fingerprint density at radius 3 is 0.612 bits per heavy atom. The van der Waals surface area contributed by atoms with Crippen molar-refractivity contribution in [3.63, 3.8) is 0 Å². The zero-order valence-electron chi connectivity index (χ0n) is 68.1. The molecule has 8 aromatic carbocycles. The predicted octanol–water partition coefficient (Wildman–Crippen LogP) is 28.8. The highest BCUT2D eigenvalue weighted by Gasteiger charge is 2.16. The molecule has 0 bridgehead atoms. The molecule has 1 aliphatic carbocycles. The Hall–Kier alpha value is -8.63. The van der Waals surface area contributed by atoms with Crippen molar-refractivity contribution in [3.05, 3.63) is 241 Å². The first-order chi connectivity index (χ1) is 47.8. The van der Waals surface area contributed by atoms with Crippen LogP contribution in [0.15, 0.2) is 218 Å². The van der Waals surface area contributed by atoms with Gasteiger partial charge in [0.05, 0.1) is 0 Å². The van der Waals surface area contributed by atoms with E-state index in [2.05, 4.69) is 97.1 Å². The minimum atomic E-state index is -0.745. The van der Waals surface area contributed by atoms with E-state index in [-0.39, 0.29) is 31.5 Å². The average molecular weight is 1360 g/mol. The molecule has 0 saturated carbocycles. The zero-order chi connectivity index (χ0) is 79.4. The second-order valence-corrected chi connectivity index (χ2v) is 14.6. The number of para-hydroxylation sites is 2. The second kappa shape index (κ2) is 110. The molecule has 10 nitrogen and oxygen atoms in total. The highest BCUT2D eigenvalue weighted by molar-refractivity contribution is 6.08. The van der Waals surface area contributed by atoms with E-state index in [1.54, 1.807) is 27.7 Å². The van der Waals surface area contributed by atoms with E-state index in [1.165, 1.54) is 33.0 Å². The lowest BCUT2D eigenvalue weighted by Crippen LogP contribution is -1.99. The molecule has 0 heterocycles. The summed E-state index contributed by atoms with van der Waals surface area (Å²) >= 11 is 0. The fraction of sp³-hybridized carbons (Fsp3) is 0.420. The van der Waals surface area contributed by atoms with Crippen LogP contribution in [0.25, 0.3) is 21.9 Å². The molecule has 0 spiro atoms. The van der Waals surface area contributed by atoms with Crippen LogP contribution in [0.3, 0.4) is 0 Å². The number of carboxylic acid groups (broad SMARTS) is 4. The maximum atomic E-state index is 11.8. The van der Waals surface area contributed by atoms with E-state index in [1.807, 2.05) is 315 Å². The summed E-state index contributed by atoms with van der Waals surface area (Å²) in [5.74, 6) is -1.17. The Bertz CT molecular complexity index is 2480. The van der Waals surface area contributed by atoms with Crippen molar-refractivity contribution < 1.29 is 49.1 Å². The van der Waals surface area contributed by atoms with E-state index >= 15 is 0 Å². The Balaban J connectivity index is -0.0000000744. The summed E-state index contributed by atoms with van der Waals surface area (Å²) < 4.78 is 5.58. The number of carbonyl (C=O) groups excluding carboxylic acids is 1. The molecule has 9 rings (SSSR count). The lowest BCUT2D eigenvalue weighted by atomic mass is 10.0. The van der Waals surface area contributed by atoms with Gasteiger partial charge in [-0.15, -0.1) is 0 Å². The van der Waals surface area contributed by atoms with Gasteiger partial charge in [-0.1, -0.05) is 416 Å². The number of aliphatic carboxylic acids is 4. The number of carboxylic acids is 4. The molecule has 8 aromatic rings. The number of hydrogen-bond donors (Lipinski definition) is 4. The van der Waals surface area contributed by atoms with Gasteiger partial charge >= 0.3 is 23.9 Å². The Kier molecular flexibility index (Phi) is 134. The third-order valence-corrected chi connectivity index (χ3v) is 9.37. The van der Waals surface area contributed by atoms with Crippen LogP contribution in [0, 0.1) is 0 Å². The van der Waals surface area contributed by atoms with Crippen LogP contribution >= 0.6 is 0 Å². The number of ether oxygens (including phenoxy) is 1. The van der Waals surface area contributed by atoms with Crippen LogP contribution in [0.1, 0.15) is 274 Å². The van der Waals surface area contributed by atoms with E-state index in [9.17, 15) is 24.0 Å². The summed E-state index contributed by atoms with van der Waals surface area (Å²) in [6, 6.07) is 72.1. The predicted molar refractivity (Wildman–Crippen MR) is 438 cm³/mol.